The van der Waals surface area contributed by atoms with E-state index >= 15 is 0 Å². The van der Waals surface area contributed by atoms with E-state index in [4.69, 9.17) is 0 Å². The third kappa shape index (κ3) is 4.87. The monoisotopic (exact) mass is 381 g/mol. The van der Waals surface area contributed by atoms with E-state index in [2.05, 4.69) is 42.6 Å². The third-order valence-electron chi connectivity index (χ3n) is 3.85. The maximum absolute atomic E-state index is 4.45. The molecular weight excluding hydrogens is 358 g/mol. The van der Waals surface area contributed by atoms with Crippen molar-refractivity contribution in [3.05, 3.63) is 29.1 Å². The summed E-state index contributed by atoms with van der Waals surface area (Å²) >= 11 is 5.36. The number of rotatable bonds is 6. The molecule has 3 rings (SSSR count). The van der Waals surface area contributed by atoms with Crippen LogP contribution in [0.5, 0.6) is 0 Å². The summed E-state index contributed by atoms with van der Waals surface area (Å²) in [6.07, 6.45) is 2.97. The van der Waals surface area contributed by atoms with Crippen LogP contribution in [0.2, 0.25) is 0 Å². The van der Waals surface area contributed by atoms with Crippen molar-refractivity contribution in [3.63, 3.8) is 0 Å². The lowest BCUT2D eigenvalue weighted by atomic mass is 10.3. The molecule has 130 valence electrons. The van der Waals surface area contributed by atoms with Gasteiger partial charge in [-0.1, -0.05) is 11.8 Å². The molecule has 0 spiro atoms. The van der Waals surface area contributed by atoms with Crippen LogP contribution in [0.1, 0.15) is 6.42 Å². The number of anilines is 1. The minimum atomic E-state index is 0.955. The Bertz CT molecular complexity index is 604. The fraction of sp³-hybridized carbons (Fsp3) is 0.500. The highest BCUT2D eigenvalue weighted by molar-refractivity contribution is 8.00. The zero-order valence-corrected chi connectivity index (χ0v) is 16.3. The Morgan fingerprint density at radius 1 is 1.29 bits per heavy atom. The molecule has 8 heteroatoms. The Hall–Kier alpha value is -1.25. The normalized spacial score (nSPS) is 15.8. The smallest absolute Gasteiger partial charge is 0.193 e. The number of thiophene rings is 1. The molecule has 0 bridgehead atoms. The molecule has 1 aliphatic heterocycles. The summed E-state index contributed by atoms with van der Waals surface area (Å²) in [5.41, 5.74) is 0. The van der Waals surface area contributed by atoms with E-state index < -0.39 is 0 Å². The summed E-state index contributed by atoms with van der Waals surface area (Å²) in [4.78, 5) is 13.6. The first-order chi connectivity index (χ1) is 11.9. The second-order valence-corrected chi connectivity index (χ2v) is 8.56. The van der Waals surface area contributed by atoms with Gasteiger partial charge in [-0.2, -0.15) is 0 Å². The second kappa shape index (κ2) is 9.29. The minimum Gasteiger partial charge on any atom is -0.360 e. The van der Waals surface area contributed by atoms with Gasteiger partial charge in [0.05, 0.1) is 5.00 Å². The van der Waals surface area contributed by atoms with Crippen molar-refractivity contribution < 1.29 is 0 Å². The fourth-order valence-electron chi connectivity index (χ4n) is 2.63. The highest BCUT2D eigenvalue weighted by Gasteiger charge is 2.19. The Balaban J connectivity index is 1.36. The van der Waals surface area contributed by atoms with E-state index in [1.165, 1.54) is 5.00 Å². The van der Waals surface area contributed by atoms with Gasteiger partial charge in [-0.15, -0.1) is 22.7 Å². The first-order valence-corrected chi connectivity index (χ1v) is 10.9. The molecule has 0 aliphatic carbocycles. The Labute approximate surface area is 155 Å². The summed E-state index contributed by atoms with van der Waals surface area (Å²) in [5, 5.41) is 9.04. The maximum atomic E-state index is 4.45. The lowest BCUT2D eigenvalue weighted by Gasteiger charge is -2.37. The topological polar surface area (TPSA) is 43.8 Å². The minimum absolute atomic E-state index is 0.955. The number of aromatic nitrogens is 1. The standard InChI is InChI=1S/C16H23N5S3/c1-17-15(18-5-3-12-23-16-19-6-13-24-16)21-9-7-20(8-10-21)14-4-2-11-22-14/h2,4,6,11,13H,3,5,7-10,12H2,1H3,(H,17,18). The van der Waals surface area contributed by atoms with Crippen molar-refractivity contribution in [2.24, 2.45) is 4.99 Å². The van der Waals surface area contributed by atoms with Gasteiger partial charge in [-0.05, 0) is 23.9 Å². The molecule has 2 aromatic heterocycles. The first-order valence-electron chi connectivity index (χ1n) is 8.13. The quantitative estimate of drug-likeness (QED) is 0.360. The molecule has 1 saturated heterocycles. The van der Waals surface area contributed by atoms with Crippen molar-refractivity contribution in [2.75, 3.05) is 50.4 Å². The molecule has 0 amide bonds. The summed E-state index contributed by atoms with van der Waals surface area (Å²) in [6, 6.07) is 4.32. The Morgan fingerprint density at radius 3 is 2.83 bits per heavy atom. The number of aliphatic imine (C=N–C) groups is 1. The molecule has 3 heterocycles. The average Bonchev–Trinajstić information content (AvgIpc) is 3.32. The van der Waals surface area contributed by atoms with Gasteiger partial charge in [-0.25, -0.2) is 4.98 Å². The van der Waals surface area contributed by atoms with Crippen LogP contribution >= 0.6 is 34.4 Å². The SMILES string of the molecule is CN=C(NCCCSc1nccs1)N1CCN(c2cccs2)CC1. The molecule has 1 fully saturated rings. The van der Waals surface area contributed by atoms with E-state index in [0.29, 0.717) is 0 Å². The molecule has 0 atom stereocenters. The molecule has 0 aromatic carbocycles. The molecule has 5 nitrogen and oxygen atoms in total. The van der Waals surface area contributed by atoms with Gasteiger partial charge in [0.1, 0.15) is 4.34 Å². The summed E-state index contributed by atoms with van der Waals surface area (Å²) < 4.78 is 1.16. The van der Waals surface area contributed by atoms with Crippen LogP contribution in [-0.4, -0.2) is 61.4 Å². The average molecular weight is 382 g/mol. The molecule has 0 saturated carbocycles. The van der Waals surface area contributed by atoms with Gasteiger partial charge in [0.2, 0.25) is 0 Å². The lowest BCUT2D eigenvalue weighted by molar-refractivity contribution is 0.373. The van der Waals surface area contributed by atoms with Crippen LogP contribution in [0, 0.1) is 0 Å². The summed E-state index contributed by atoms with van der Waals surface area (Å²) in [6.45, 7) is 5.11. The van der Waals surface area contributed by atoms with Crippen LogP contribution in [0.25, 0.3) is 0 Å². The van der Waals surface area contributed by atoms with Gasteiger partial charge in [0.15, 0.2) is 5.96 Å². The van der Waals surface area contributed by atoms with E-state index in [0.717, 1.165) is 55.2 Å². The molecule has 1 aliphatic rings. The zero-order valence-electron chi connectivity index (χ0n) is 13.9. The number of hydrogen-bond donors (Lipinski definition) is 1. The van der Waals surface area contributed by atoms with Crippen molar-refractivity contribution in [2.45, 2.75) is 10.8 Å². The molecule has 1 N–H and O–H groups in total. The van der Waals surface area contributed by atoms with Gasteiger partial charge >= 0.3 is 0 Å². The number of thiazole rings is 1. The molecule has 0 radical (unpaired) electrons. The highest BCUT2D eigenvalue weighted by Crippen LogP contribution is 2.22. The number of nitrogens with one attached hydrogen (secondary N) is 1. The largest absolute Gasteiger partial charge is 0.360 e. The predicted octanol–water partition coefficient (Wildman–Crippen LogP) is 3.08. The van der Waals surface area contributed by atoms with Gasteiger partial charge in [0, 0.05) is 57.1 Å². The molecule has 2 aromatic rings. The van der Waals surface area contributed by atoms with E-state index in [-0.39, 0.29) is 0 Å². The predicted molar refractivity (Wildman–Crippen MR) is 107 cm³/mol. The molecule has 0 unspecified atom stereocenters. The van der Waals surface area contributed by atoms with Crippen LogP contribution in [0.3, 0.4) is 0 Å². The van der Waals surface area contributed by atoms with Crippen molar-refractivity contribution >= 4 is 45.4 Å². The summed E-state index contributed by atoms with van der Waals surface area (Å²) in [5.74, 6) is 2.11. The van der Waals surface area contributed by atoms with Gasteiger partial charge in [-0.3, -0.25) is 4.99 Å². The van der Waals surface area contributed by atoms with Gasteiger partial charge < -0.3 is 15.1 Å². The van der Waals surface area contributed by atoms with Crippen molar-refractivity contribution in [3.8, 4) is 0 Å². The Morgan fingerprint density at radius 2 is 2.17 bits per heavy atom. The number of thioether (sulfide) groups is 1. The number of piperazine rings is 1. The second-order valence-electron chi connectivity index (χ2n) is 5.40. The fourth-order valence-corrected chi connectivity index (χ4v) is 5.07. The molecular formula is C16H23N5S3. The maximum Gasteiger partial charge on any atom is 0.193 e. The van der Waals surface area contributed by atoms with Crippen molar-refractivity contribution in [1.82, 2.24) is 15.2 Å². The number of nitrogens with zero attached hydrogens (tertiary/aromatic N) is 4. The van der Waals surface area contributed by atoms with Crippen LogP contribution in [-0.2, 0) is 0 Å². The third-order valence-corrected chi connectivity index (χ3v) is 6.83. The summed E-state index contributed by atoms with van der Waals surface area (Å²) in [7, 11) is 1.87. The highest BCUT2D eigenvalue weighted by atomic mass is 32.2. The van der Waals surface area contributed by atoms with Crippen molar-refractivity contribution in [1.29, 1.82) is 0 Å². The van der Waals surface area contributed by atoms with E-state index in [9.17, 15) is 0 Å². The number of guanidine groups is 1. The zero-order chi connectivity index (χ0) is 16.6. The van der Waals surface area contributed by atoms with Crippen LogP contribution in [0.4, 0.5) is 5.00 Å². The van der Waals surface area contributed by atoms with Gasteiger partial charge in [0.25, 0.3) is 0 Å². The molecule has 24 heavy (non-hydrogen) atoms. The van der Waals surface area contributed by atoms with E-state index in [1.54, 1.807) is 11.3 Å². The van der Waals surface area contributed by atoms with Crippen LogP contribution < -0.4 is 10.2 Å². The van der Waals surface area contributed by atoms with Crippen LogP contribution in [0.15, 0.2) is 38.4 Å². The lowest BCUT2D eigenvalue weighted by Crippen LogP contribution is -2.52. The first kappa shape index (κ1) is 17.6. The Kier molecular flexibility index (Phi) is 6.80. The van der Waals surface area contributed by atoms with E-state index in [1.807, 2.05) is 41.7 Å². The number of hydrogen-bond acceptors (Lipinski definition) is 6.